The highest BCUT2D eigenvalue weighted by Crippen LogP contribution is 2.19. The van der Waals surface area contributed by atoms with Crippen molar-refractivity contribution < 1.29 is 4.79 Å². The van der Waals surface area contributed by atoms with E-state index in [4.69, 9.17) is 0 Å². The van der Waals surface area contributed by atoms with Crippen LogP contribution in [-0.4, -0.2) is 32.1 Å². The van der Waals surface area contributed by atoms with Gasteiger partial charge in [0.2, 0.25) is 5.91 Å². The summed E-state index contributed by atoms with van der Waals surface area (Å²) < 4.78 is 0. The molecule has 0 saturated carbocycles. The summed E-state index contributed by atoms with van der Waals surface area (Å²) in [4.78, 5) is 21.6. The number of amides is 1. The van der Waals surface area contributed by atoms with Crippen LogP contribution in [0.5, 0.6) is 0 Å². The van der Waals surface area contributed by atoms with Crippen molar-refractivity contribution in [2.75, 3.05) is 5.32 Å². The van der Waals surface area contributed by atoms with Gasteiger partial charge in [-0.2, -0.15) is 5.10 Å². The van der Waals surface area contributed by atoms with Crippen molar-refractivity contribution in [1.29, 1.82) is 0 Å². The van der Waals surface area contributed by atoms with Crippen LogP contribution in [0, 0.1) is 0 Å². The number of benzene rings is 1. The molecule has 4 rings (SSSR count). The first-order valence-electron chi connectivity index (χ1n) is 9.18. The first-order valence-corrected chi connectivity index (χ1v) is 10.1. The maximum atomic E-state index is 13.0. The van der Waals surface area contributed by atoms with E-state index in [1.54, 1.807) is 24.1 Å². The minimum Gasteiger partial charge on any atom is -0.323 e. The van der Waals surface area contributed by atoms with Crippen molar-refractivity contribution in [2.24, 2.45) is 0 Å². The van der Waals surface area contributed by atoms with E-state index in [9.17, 15) is 4.79 Å². The highest BCUT2D eigenvalue weighted by molar-refractivity contribution is 7.07. The average molecular weight is 404 g/mol. The predicted octanol–water partition coefficient (Wildman–Crippen LogP) is 3.27. The highest BCUT2D eigenvalue weighted by Gasteiger charge is 2.19. The van der Waals surface area contributed by atoms with Gasteiger partial charge in [0.15, 0.2) is 0 Å². The number of aromatic nitrogens is 4. The fourth-order valence-electron chi connectivity index (χ4n) is 2.96. The molecule has 4 aromatic rings. The minimum absolute atomic E-state index is 0.118. The van der Waals surface area contributed by atoms with Crippen molar-refractivity contribution in [1.82, 2.24) is 25.5 Å². The summed E-state index contributed by atoms with van der Waals surface area (Å²) in [6.07, 6.45) is 5.62. The smallest absolute Gasteiger partial charge is 0.241 e. The molecule has 0 unspecified atom stereocenters. The van der Waals surface area contributed by atoms with Gasteiger partial charge in [-0.1, -0.05) is 30.3 Å². The molecule has 0 radical (unpaired) electrons. The number of pyridine rings is 1. The summed E-state index contributed by atoms with van der Waals surface area (Å²) in [5.74, 6) is -0.118. The number of hydrogen-bond acceptors (Lipinski definition) is 6. The number of carbonyl (C=O) groups excluding carboxylic acids is 1. The summed E-state index contributed by atoms with van der Waals surface area (Å²) in [5.41, 5.74) is 6.13. The predicted molar refractivity (Wildman–Crippen MR) is 113 cm³/mol. The van der Waals surface area contributed by atoms with Gasteiger partial charge < -0.3 is 5.32 Å². The Morgan fingerprint density at radius 1 is 1.17 bits per heavy atom. The Kier molecular flexibility index (Phi) is 6.04. The lowest BCUT2D eigenvalue weighted by atomic mass is 10.0. The molecule has 3 aromatic heterocycles. The number of hydrogen-bond donors (Lipinski definition) is 3. The Morgan fingerprint density at radius 2 is 2.07 bits per heavy atom. The fourth-order valence-corrected chi connectivity index (χ4v) is 3.52. The van der Waals surface area contributed by atoms with Gasteiger partial charge in [0.05, 0.1) is 34.8 Å². The number of carbonyl (C=O) groups is 1. The van der Waals surface area contributed by atoms with Crippen molar-refractivity contribution in [3.8, 4) is 11.3 Å². The molecule has 0 spiro atoms. The molecule has 8 heteroatoms. The van der Waals surface area contributed by atoms with E-state index in [1.165, 1.54) is 11.3 Å². The number of nitrogens with one attached hydrogen (secondary N) is 3. The van der Waals surface area contributed by atoms with Crippen LogP contribution in [0.1, 0.15) is 11.3 Å². The lowest BCUT2D eigenvalue weighted by molar-refractivity contribution is -0.118. The van der Waals surface area contributed by atoms with Gasteiger partial charge in [-0.05, 0) is 24.1 Å². The van der Waals surface area contributed by atoms with Crippen LogP contribution in [0.15, 0.2) is 71.9 Å². The number of aromatic amines is 1. The third-order valence-electron chi connectivity index (χ3n) is 4.43. The highest BCUT2D eigenvalue weighted by atomic mass is 32.1. The lowest BCUT2D eigenvalue weighted by Gasteiger charge is -2.18. The maximum absolute atomic E-state index is 13.0. The third-order valence-corrected chi connectivity index (χ3v) is 5.06. The molecule has 0 aliphatic heterocycles. The van der Waals surface area contributed by atoms with E-state index < -0.39 is 6.04 Å². The number of rotatable bonds is 8. The van der Waals surface area contributed by atoms with Gasteiger partial charge >= 0.3 is 0 Å². The zero-order valence-electron chi connectivity index (χ0n) is 15.6. The summed E-state index contributed by atoms with van der Waals surface area (Å²) in [7, 11) is 0. The molecule has 0 aliphatic rings. The zero-order valence-corrected chi connectivity index (χ0v) is 16.4. The molecule has 0 aliphatic carbocycles. The van der Waals surface area contributed by atoms with Gasteiger partial charge in [0.25, 0.3) is 0 Å². The second kappa shape index (κ2) is 9.22. The Bertz CT molecular complexity index is 1030. The Morgan fingerprint density at radius 3 is 2.83 bits per heavy atom. The molecule has 1 amide bonds. The van der Waals surface area contributed by atoms with E-state index >= 15 is 0 Å². The average Bonchev–Trinajstić information content (AvgIpc) is 3.46. The Balaban J connectivity index is 1.48. The van der Waals surface area contributed by atoms with Crippen LogP contribution in [0.2, 0.25) is 0 Å². The monoisotopic (exact) mass is 404 g/mol. The molecule has 0 bridgehead atoms. The second-order valence-corrected chi connectivity index (χ2v) is 7.24. The maximum Gasteiger partial charge on any atom is 0.241 e. The molecule has 7 nitrogen and oxygen atoms in total. The minimum atomic E-state index is -0.407. The fraction of sp³-hybridized carbons (Fsp3) is 0.143. The summed E-state index contributed by atoms with van der Waals surface area (Å²) >= 11 is 1.54. The molecule has 3 N–H and O–H groups in total. The van der Waals surface area contributed by atoms with E-state index in [2.05, 4.69) is 30.8 Å². The Hall–Kier alpha value is -3.36. The normalized spacial score (nSPS) is 11.9. The van der Waals surface area contributed by atoms with E-state index in [1.807, 2.05) is 47.8 Å². The van der Waals surface area contributed by atoms with Crippen molar-refractivity contribution in [2.45, 2.75) is 19.0 Å². The molecule has 0 fully saturated rings. The summed E-state index contributed by atoms with van der Waals surface area (Å²) in [5, 5.41) is 15.1. The molecule has 1 aromatic carbocycles. The molecular formula is C21H20N6OS. The molecule has 1 atom stereocenters. The van der Waals surface area contributed by atoms with Gasteiger partial charge in [0, 0.05) is 29.9 Å². The van der Waals surface area contributed by atoms with Crippen molar-refractivity contribution >= 4 is 22.9 Å². The topological polar surface area (TPSA) is 95.6 Å². The van der Waals surface area contributed by atoms with E-state index in [0.717, 1.165) is 22.5 Å². The third kappa shape index (κ3) is 5.13. The SMILES string of the molecule is O=C(Nc1cncc(-c2ccn[nH]2)c1)[C@H](Cc1ccccc1)NCc1cscn1. The first-order chi connectivity index (χ1) is 14.3. The standard InChI is InChI=1S/C21H20N6OS/c28-21(26-17-9-16(10-22-11-17)19-6-7-25-27-19)20(8-15-4-2-1-3-5-15)23-12-18-13-29-14-24-18/h1-7,9-11,13-14,20,23H,8,12H2,(H,25,27)(H,26,28)/t20-/m0/s1. The summed E-state index contributed by atoms with van der Waals surface area (Å²) in [6, 6.07) is 13.3. The van der Waals surface area contributed by atoms with Crippen molar-refractivity contribution in [3.05, 3.63) is 83.2 Å². The van der Waals surface area contributed by atoms with E-state index in [0.29, 0.717) is 18.7 Å². The van der Waals surface area contributed by atoms with Crippen LogP contribution in [0.25, 0.3) is 11.3 Å². The van der Waals surface area contributed by atoms with Crippen LogP contribution in [-0.2, 0) is 17.8 Å². The zero-order chi connectivity index (χ0) is 19.9. The molecule has 0 saturated heterocycles. The van der Waals surface area contributed by atoms with Crippen molar-refractivity contribution in [3.63, 3.8) is 0 Å². The van der Waals surface area contributed by atoms with Crippen LogP contribution in [0.4, 0.5) is 5.69 Å². The number of anilines is 1. The number of H-pyrrole nitrogens is 1. The quantitative estimate of drug-likeness (QED) is 0.419. The van der Waals surface area contributed by atoms with Crippen LogP contribution in [0.3, 0.4) is 0 Å². The second-order valence-electron chi connectivity index (χ2n) is 6.52. The molecular weight excluding hydrogens is 384 g/mol. The van der Waals surface area contributed by atoms with Crippen LogP contribution < -0.4 is 10.6 Å². The van der Waals surface area contributed by atoms with Gasteiger partial charge in [-0.25, -0.2) is 4.98 Å². The molecule has 3 heterocycles. The lowest BCUT2D eigenvalue weighted by Crippen LogP contribution is -2.42. The summed E-state index contributed by atoms with van der Waals surface area (Å²) in [6.45, 7) is 0.529. The van der Waals surface area contributed by atoms with Gasteiger partial charge in [-0.15, -0.1) is 11.3 Å². The number of thiazole rings is 1. The largest absolute Gasteiger partial charge is 0.323 e. The van der Waals surface area contributed by atoms with Crippen LogP contribution >= 0.6 is 11.3 Å². The van der Waals surface area contributed by atoms with Gasteiger partial charge in [-0.3, -0.25) is 20.2 Å². The Labute approximate surface area is 172 Å². The van der Waals surface area contributed by atoms with E-state index in [-0.39, 0.29) is 5.91 Å². The molecule has 29 heavy (non-hydrogen) atoms. The number of nitrogens with zero attached hydrogens (tertiary/aromatic N) is 3. The first kappa shape index (κ1) is 19.0. The van der Waals surface area contributed by atoms with Gasteiger partial charge in [0.1, 0.15) is 0 Å². The molecule has 146 valence electrons.